The largest absolute Gasteiger partial charge is 0.497 e. The highest BCUT2D eigenvalue weighted by atomic mass is 16.5. The minimum Gasteiger partial charge on any atom is -0.497 e. The third-order valence-corrected chi connectivity index (χ3v) is 4.47. The Kier molecular flexibility index (Phi) is 6.09. The number of benzene rings is 1. The average Bonchev–Trinajstić information content (AvgIpc) is 2.54. The SMILES string of the molecule is CCOC(=O)CCC1CCC(c2cccc(OC)c2)CC1. The lowest BCUT2D eigenvalue weighted by Gasteiger charge is -2.28. The molecule has 0 unspecified atom stereocenters. The zero-order valence-electron chi connectivity index (χ0n) is 13.1. The van der Waals surface area contributed by atoms with Gasteiger partial charge in [0.1, 0.15) is 5.75 Å². The molecule has 0 bridgehead atoms. The van der Waals surface area contributed by atoms with Gasteiger partial charge < -0.3 is 9.47 Å². The molecule has 116 valence electrons. The fourth-order valence-electron chi connectivity index (χ4n) is 3.24. The van der Waals surface area contributed by atoms with Gasteiger partial charge in [-0.05, 0) is 68.6 Å². The summed E-state index contributed by atoms with van der Waals surface area (Å²) >= 11 is 0. The Morgan fingerprint density at radius 2 is 2.00 bits per heavy atom. The second kappa shape index (κ2) is 8.06. The van der Waals surface area contributed by atoms with E-state index in [2.05, 4.69) is 18.2 Å². The number of carbonyl (C=O) groups excluding carboxylic acids is 1. The van der Waals surface area contributed by atoms with Crippen LogP contribution in [-0.2, 0) is 9.53 Å². The predicted octanol–water partition coefficient (Wildman–Crippen LogP) is 4.31. The summed E-state index contributed by atoms with van der Waals surface area (Å²) < 4.78 is 10.3. The van der Waals surface area contributed by atoms with E-state index in [1.165, 1.54) is 31.2 Å². The molecule has 0 aliphatic heterocycles. The Labute approximate surface area is 127 Å². The van der Waals surface area contributed by atoms with Crippen LogP contribution >= 0.6 is 0 Å². The summed E-state index contributed by atoms with van der Waals surface area (Å²) in [6.07, 6.45) is 6.38. The van der Waals surface area contributed by atoms with Crippen LogP contribution in [0.2, 0.25) is 0 Å². The average molecular weight is 290 g/mol. The molecule has 0 N–H and O–H groups in total. The molecule has 1 aromatic rings. The van der Waals surface area contributed by atoms with Crippen molar-refractivity contribution in [2.75, 3.05) is 13.7 Å². The van der Waals surface area contributed by atoms with Crippen LogP contribution < -0.4 is 4.74 Å². The number of methoxy groups -OCH3 is 1. The summed E-state index contributed by atoms with van der Waals surface area (Å²) in [7, 11) is 1.71. The normalized spacial score (nSPS) is 21.8. The summed E-state index contributed by atoms with van der Waals surface area (Å²) in [5, 5.41) is 0. The van der Waals surface area contributed by atoms with Gasteiger partial charge in [0.2, 0.25) is 0 Å². The quantitative estimate of drug-likeness (QED) is 0.732. The number of ether oxygens (including phenoxy) is 2. The zero-order chi connectivity index (χ0) is 15.1. The summed E-state index contributed by atoms with van der Waals surface area (Å²) in [5.74, 6) is 2.21. The van der Waals surface area contributed by atoms with Crippen LogP contribution in [0, 0.1) is 5.92 Å². The van der Waals surface area contributed by atoms with Crippen molar-refractivity contribution in [2.45, 2.75) is 51.4 Å². The molecule has 2 rings (SSSR count). The lowest BCUT2D eigenvalue weighted by atomic mass is 9.77. The minimum absolute atomic E-state index is 0.0487. The molecule has 0 radical (unpaired) electrons. The maximum Gasteiger partial charge on any atom is 0.305 e. The number of hydrogen-bond donors (Lipinski definition) is 0. The molecule has 0 amide bonds. The van der Waals surface area contributed by atoms with E-state index < -0.39 is 0 Å². The molecule has 1 aromatic carbocycles. The van der Waals surface area contributed by atoms with Crippen LogP contribution in [0.5, 0.6) is 5.75 Å². The standard InChI is InChI=1S/C18H26O3/c1-3-21-18(19)12-9-14-7-10-15(11-8-14)16-5-4-6-17(13-16)20-2/h4-6,13-15H,3,7-12H2,1-2H3. The van der Waals surface area contributed by atoms with E-state index in [-0.39, 0.29) is 5.97 Å². The van der Waals surface area contributed by atoms with Gasteiger partial charge in [0, 0.05) is 6.42 Å². The first kappa shape index (κ1) is 15.9. The number of hydrogen-bond acceptors (Lipinski definition) is 3. The molecule has 0 heterocycles. The topological polar surface area (TPSA) is 35.5 Å². The monoisotopic (exact) mass is 290 g/mol. The Balaban J connectivity index is 1.78. The van der Waals surface area contributed by atoms with E-state index in [1.54, 1.807) is 7.11 Å². The van der Waals surface area contributed by atoms with E-state index in [0.717, 1.165) is 12.2 Å². The highest BCUT2D eigenvalue weighted by Gasteiger charge is 2.23. The van der Waals surface area contributed by atoms with Crippen molar-refractivity contribution in [3.8, 4) is 5.75 Å². The first-order valence-electron chi connectivity index (χ1n) is 8.02. The van der Waals surface area contributed by atoms with Gasteiger partial charge in [-0.2, -0.15) is 0 Å². The van der Waals surface area contributed by atoms with Crippen LogP contribution in [0.3, 0.4) is 0 Å². The van der Waals surface area contributed by atoms with E-state index in [4.69, 9.17) is 9.47 Å². The zero-order valence-corrected chi connectivity index (χ0v) is 13.1. The van der Waals surface area contributed by atoms with Gasteiger partial charge in [0.25, 0.3) is 0 Å². The fourth-order valence-corrected chi connectivity index (χ4v) is 3.24. The third kappa shape index (κ3) is 4.76. The van der Waals surface area contributed by atoms with E-state index in [0.29, 0.717) is 24.9 Å². The summed E-state index contributed by atoms with van der Waals surface area (Å²) in [4.78, 5) is 11.4. The molecule has 21 heavy (non-hydrogen) atoms. The first-order chi connectivity index (χ1) is 10.2. The van der Waals surface area contributed by atoms with Crippen molar-refractivity contribution in [2.24, 2.45) is 5.92 Å². The Morgan fingerprint density at radius 1 is 1.24 bits per heavy atom. The van der Waals surface area contributed by atoms with Crippen LogP contribution in [0.4, 0.5) is 0 Å². The van der Waals surface area contributed by atoms with Gasteiger partial charge >= 0.3 is 5.97 Å². The van der Waals surface area contributed by atoms with Crippen LogP contribution in [0.1, 0.15) is 56.9 Å². The van der Waals surface area contributed by atoms with Gasteiger partial charge in [-0.25, -0.2) is 0 Å². The van der Waals surface area contributed by atoms with Crippen LogP contribution in [0.15, 0.2) is 24.3 Å². The number of esters is 1. The molecule has 1 fully saturated rings. The van der Waals surface area contributed by atoms with Crippen molar-refractivity contribution >= 4 is 5.97 Å². The molecule has 0 saturated heterocycles. The lowest BCUT2D eigenvalue weighted by molar-refractivity contribution is -0.143. The molecule has 3 heteroatoms. The third-order valence-electron chi connectivity index (χ3n) is 4.47. The molecular formula is C18H26O3. The summed E-state index contributed by atoms with van der Waals surface area (Å²) in [6.45, 7) is 2.35. The highest BCUT2D eigenvalue weighted by molar-refractivity contribution is 5.69. The second-order valence-corrected chi connectivity index (χ2v) is 5.84. The second-order valence-electron chi connectivity index (χ2n) is 5.84. The molecular weight excluding hydrogens is 264 g/mol. The van der Waals surface area contributed by atoms with Crippen molar-refractivity contribution in [1.82, 2.24) is 0 Å². The molecule has 3 nitrogen and oxygen atoms in total. The van der Waals surface area contributed by atoms with Crippen molar-refractivity contribution in [1.29, 1.82) is 0 Å². The molecule has 1 saturated carbocycles. The van der Waals surface area contributed by atoms with Crippen molar-refractivity contribution in [3.63, 3.8) is 0 Å². The molecule has 0 aromatic heterocycles. The van der Waals surface area contributed by atoms with Crippen LogP contribution in [0.25, 0.3) is 0 Å². The van der Waals surface area contributed by atoms with Gasteiger partial charge in [-0.15, -0.1) is 0 Å². The Hall–Kier alpha value is -1.51. The van der Waals surface area contributed by atoms with Gasteiger partial charge in [0.15, 0.2) is 0 Å². The first-order valence-corrected chi connectivity index (χ1v) is 8.02. The maximum absolute atomic E-state index is 11.4. The van der Waals surface area contributed by atoms with Crippen molar-refractivity contribution in [3.05, 3.63) is 29.8 Å². The molecule has 0 atom stereocenters. The van der Waals surface area contributed by atoms with Gasteiger partial charge in [-0.1, -0.05) is 12.1 Å². The summed E-state index contributed by atoms with van der Waals surface area (Å²) in [5.41, 5.74) is 1.39. The van der Waals surface area contributed by atoms with E-state index in [9.17, 15) is 4.79 Å². The van der Waals surface area contributed by atoms with Crippen molar-refractivity contribution < 1.29 is 14.3 Å². The number of carbonyl (C=O) groups is 1. The molecule has 0 spiro atoms. The Morgan fingerprint density at radius 3 is 2.67 bits per heavy atom. The fraction of sp³-hybridized carbons (Fsp3) is 0.611. The van der Waals surface area contributed by atoms with Gasteiger partial charge in [0.05, 0.1) is 13.7 Å². The van der Waals surface area contributed by atoms with E-state index >= 15 is 0 Å². The van der Waals surface area contributed by atoms with Crippen LogP contribution in [-0.4, -0.2) is 19.7 Å². The maximum atomic E-state index is 11.4. The Bertz CT molecular complexity index is 448. The highest BCUT2D eigenvalue weighted by Crippen LogP contribution is 2.38. The van der Waals surface area contributed by atoms with Gasteiger partial charge in [-0.3, -0.25) is 4.79 Å². The molecule has 1 aliphatic carbocycles. The smallest absolute Gasteiger partial charge is 0.305 e. The predicted molar refractivity (Wildman–Crippen MR) is 83.6 cm³/mol. The van der Waals surface area contributed by atoms with E-state index in [1.807, 2.05) is 13.0 Å². The minimum atomic E-state index is -0.0487. The molecule has 1 aliphatic rings. The lowest BCUT2D eigenvalue weighted by Crippen LogP contribution is -2.15. The summed E-state index contributed by atoms with van der Waals surface area (Å²) in [6, 6.07) is 8.42. The number of rotatable bonds is 6.